The minimum atomic E-state index is -0.902. The number of rotatable bonds is 7. The molecule has 11 heavy (non-hydrogen) atoms. The highest BCUT2D eigenvalue weighted by molar-refractivity contribution is 5.68. The van der Waals surface area contributed by atoms with Gasteiger partial charge in [-0.1, -0.05) is 19.8 Å². The SMILES string of the molecule is CCCCCONCC(=O)O. The summed E-state index contributed by atoms with van der Waals surface area (Å²) in [7, 11) is 0. The zero-order valence-corrected chi connectivity index (χ0v) is 6.80. The molecule has 4 nitrogen and oxygen atoms in total. The van der Waals surface area contributed by atoms with Crippen LogP contribution >= 0.6 is 0 Å². The Morgan fingerprint density at radius 2 is 2.27 bits per heavy atom. The number of carboxylic acids is 1. The predicted octanol–water partition coefficient (Wildman–Crippen LogP) is 0.782. The van der Waals surface area contributed by atoms with Gasteiger partial charge in [-0.3, -0.25) is 4.79 Å². The zero-order chi connectivity index (χ0) is 8.53. The van der Waals surface area contributed by atoms with Crippen LogP contribution in [0.25, 0.3) is 0 Å². The van der Waals surface area contributed by atoms with E-state index < -0.39 is 5.97 Å². The third kappa shape index (κ3) is 9.39. The smallest absolute Gasteiger partial charge is 0.319 e. The summed E-state index contributed by atoms with van der Waals surface area (Å²) in [5.41, 5.74) is 2.34. The van der Waals surface area contributed by atoms with E-state index in [4.69, 9.17) is 9.94 Å². The maximum Gasteiger partial charge on any atom is 0.319 e. The molecular weight excluding hydrogens is 146 g/mol. The third-order valence-corrected chi connectivity index (χ3v) is 1.18. The number of unbranched alkanes of at least 4 members (excludes halogenated alkanes) is 2. The Morgan fingerprint density at radius 3 is 2.82 bits per heavy atom. The quantitative estimate of drug-likeness (QED) is 0.428. The number of aliphatic carboxylic acids is 1. The van der Waals surface area contributed by atoms with Crippen LogP contribution in [0, 0.1) is 0 Å². The van der Waals surface area contributed by atoms with Crippen LogP contribution in [0.1, 0.15) is 26.2 Å². The standard InChI is InChI=1S/C7H15NO3/c1-2-3-4-5-11-8-6-7(9)10/h8H,2-6H2,1H3,(H,9,10). The molecule has 0 aromatic heterocycles. The number of carbonyl (C=O) groups is 1. The van der Waals surface area contributed by atoms with Crippen LogP contribution in [0.15, 0.2) is 0 Å². The summed E-state index contributed by atoms with van der Waals surface area (Å²) in [5.74, 6) is -0.902. The van der Waals surface area contributed by atoms with E-state index in [-0.39, 0.29) is 6.54 Å². The van der Waals surface area contributed by atoms with Crippen molar-refractivity contribution in [3.63, 3.8) is 0 Å². The first-order chi connectivity index (χ1) is 5.27. The summed E-state index contributed by atoms with van der Waals surface area (Å²) in [6.07, 6.45) is 3.24. The maximum atomic E-state index is 9.95. The van der Waals surface area contributed by atoms with Crippen molar-refractivity contribution >= 4 is 5.97 Å². The molecule has 0 atom stereocenters. The first-order valence-electron chi connectivity index (χ1n) is 3.83. The van der Waals surface area contributed by atoms with Crippen LogP contribution in [0.5, 0.6) is 0 Å². The normalized spacial score (nSPS) is 9.91. The Morgan fingerprint density at radius 1 is 1.55 bits per heavy atom. The second-order valence-corrected chi connectivity index (χ2v) is 2.27. The van der Waals surface area contributed by atoms with Crippen molar-refractivity contribution in [2.75, 3.05) is 13.2 Å². The highest BCUT2D eigenvalue weighted by Gasteiger charge is 1.93. The topological polar surface area (TPSA) is 58.6 Å². The molecule has 0 unspecified atom stereocenters. The van der Waals surface area contributed by atoms with E-state index in [1.54, 1.807) is 0 Å². The minimum Gasteiger partial charge on any atom is -0.480 e. The molecule has 0 spiro atoms. The maximum absolute atomic E-state index is 9.95. The summed E-state index contributed by atoms with van der Waals surface area (Å²) >= 11 is 0. The van der Waals surface area contributed by atoms with Gasteiger partial charge in [0.1, 0.15) is 6.54 Å². The van der Waals surface area contributed by atoms with Gasteiger partial charge in [0.2, 0.25) is 0 Å². The molecule has 0 amide bonds. The van der Waals surface area contributed by atoms with E-state index in [2.05, 4.69) is 12.4 Å². The average molecular weight is 161 g/mol. The molecule has 2 N–H and O–H groups in total. The fourth-order valence-corrected chi connectivity index (χ4v) is 0.609. The summed E-state index contributed by atoms with van der Waals surface area (Å²) in [5, 5.41) is 8.17. The van der Waals surface area contributed by atoms with Crippen LogP contribution in [0.2, 0.25) is 0 Å². The molecule has 66 valence electrons. The Hall–Kier alpha value is -0.610. The van der Waals surface area contributed by atoms with Gasteiger partial charge in [0.25, 0.3) is 0 Å². The summed E-state index contributed by atoms with van der Waals surface area (Å²) in [4.78, 5) is 14.8. The minimum absolute atomic E-state index is 0.133. The lowest BCUT2D eigenvalue weighted by atomic mass is 10.3. The van der Waals surface area contributed by atoms with Gasteiger partial charge in [0.05, 0.1) is 6.61 Å². The van der Waals surface area contributed by atoms with Gasteiger partial charge in [-0.05, 0) is 6.42 Å². The number of hydrogen-bond acceptors (Lipinski definition) is 3. The molecule has 4 heteroatoms. The highest BCUT2D eigenvalue weighted by Crippen LogP contribution is 1.92. The Kier molecular flexibility index (Phi) is 7.08. The van der Waals surface area contributed by atoms with Crippen molar-refractivity contribution in [3.05, 3.63) is 0 Å². The van der Waals surface area contributed by atoms with Crippen molar-refractivity contribution in [2.45, 2.75) is 26.2 Å². The molecule has 0 aliphatic carbocycles. The molecule has 0 aliphatic rings. The van der Waals surface area contributed by atoms with Crippen LogP contribution in [0.4, 0.5) is 0 Å². The van der Waals surface area contributed by atoms with Crippen molar-refractivity contribution in [1.29, 1.82) is 0 Å². The van der Waals surface area contributed by atoms with Crippen molar-refractivity contribution in [1.82, 2.24) is 5.48 Å². The van der Waals surface area contributed by atoms with E-state index in [0.717, 1.165) is 19.3 Å². The molecular formula is C7H15NO3. The lowest BCUT2D eigenvalue weighted by molar-refractivity contribution is -0.138. The van der Waals surface area contributed by atoms with Gasteiger partial charge < -0.3 is 9.94 Å². The molecule has 0 saturated carbocycles. The highest BCUT2D eigenvalue weighted by atomic mass is 16.6. The number of nitrogens with one attached hydrogen (secondary N) is 1. The van der Waals surface area contributed by atoms with Crippen molar-refractivity contribution in [3.8, 4) is 0 Å². The van der Waals surface area contributed by atoms with Gasteiger partial charge in [-0.15, -0.1) is 0 Å². The fourth-order valence-electron chi connectivity index (χ4n) is 0.609. The van der Waals surface area contributed by atoms with Crippen molar-refractivity contribution in [2.24, 2.45) is 0 Å². The van der Waals surface area contributed by atoms with Crippen LogP contribution < -0.4 is 5.48 Å². The summed E-state index contributed by atoms with van der Waals surface area (Å²) in [6, 6.07) is 0. The van der Waals surface area contributed by atoms with Gasteiger partial charge in [0.15, 0.2) is 0 Å². The second kappa shape index (κ2) is 7.50. The number of hydroxylamine groups is 1. The molecule has 0 rings (SSSR count). The molecule has 0 aliphatic heterocycles. The molecule has 0 fully saturated rings. The van der Waals surface area contributed by atoms with E-state index in [9.17, 15) is 4.79 Å². The first-order valence-corrected chi connectivity index (χ1v) is 3.83. The zero-order valence-electron chi connectivity index (χ0n) is 6.80. The third-order valence-electron chi connectivity index (χ3n) is 1.18. The molecule has 0 aromatic rings. The average Bonchev–Trinajstić information content (AvgIpc) is 1.96. The second-order valence-electron chi connectivity index (χ2n) is 2.27. The van der Waals surface area contributed by atoms with E-state index in [1.807, 2.05) is 0 Å². The van der Waals surface area contributed by atoms with E-state index >= 15 is 0 Å². The van der Waals surface area contributed by atoms with Gasteiger partial charge in [-0.25, -0.2) is 0 Å². The fraction of sp³-hybridized carbons (Fsp3) is 0.857. The van der Waals surface area contributed by atoms with E-state index in [0.29, 0.717) is 6.61 Å². The van der Waals surface area contributed by atoms with Gasteiger partial charge in [0, 0.05) is 0 Å². The first kappa shape index (κ1) is 10.4. The molecule has 0 bridgehead atoms. The molecule has 0 heterocycles. The summed E-state index contributed by atoms with van der Waals surface area (Å²) in [6.45, 7) is 2.55. The Balaban J connectivity index is 2.85. The number of hydrogen-bond donors (Lipinski definition) is 2. The lowest BCUT2D eigenvalue weighted by Crippen LogP contribution is -2.23. The number of carboxylic acid groups (broad SMARTS) is 1. The van der Waals surface area contributed by atoms with E-state index in [1.165, 1.54) is 0 Å². The molecule has 0 aromatic carbocycles. The van der Waals surface area contributed by atoms with Crippen LogP contribution in [-0.4, -0.2) is 24.2 Å². The largest absolute Gasteiger partial charge is 0.480 e. The predicted molar refractivity (Wildman–Crippen MR) is 41.1 cm³/mol. The molecule has 0 radical (unpaired) electrons. The molecule has 0 saturated heterocycles. The van der Waals surface area contributed by atoms with Crippen LogP contribution in [0.3, 0.4) is 0 Å². The van der Waals surface area contributed by atoms with Crippen LogP contribution in [-0.2, 0) is 9.63 Å². The lowest BCUT2D eigenvalue weighted by Gasteiger charge is -2.01. The monoisotopic (exact) mass is 161 g/mol. The Bertz CT molecular complexity index is 106. The van der Waals surface area contributed by atoms with Gasteiger partial charge >= 0.3 is 5.97 Å². The van der Waals surface area contributed by atoms with Gasteiger partial charge in [-0.2, -0.15) is 5.48 Å². The summed E-state index contributed by atoms with van der Waals surface area (Å²) < 4.78 is 0. The van der Waals surface area contributed by atoms with Crippen molar-refractivity contribution < 1.29 is 14.7 Å². The Labute approximate surface area is 66.5 Å².